The fourth-order valence-corrected chi connectivity index (χ4v) is 1.24. The molecule has 0 aliphatic carbocycles. The van der Waals surface area contributed by atoms with Crippen LogP contribution in [0.1, 0.15) is 5.69 Å². The molecule has 0 atom stereocenters. The molecule has 0 spiro atoms. The summed E-state index contributed by atoms with van der Waals surface area (Å²) in [5.41, 5.74) is 0.266. The molecule has 0 amide bonds. The maximum Gasteiger partial charge on any atom is 0.200 e. The van der Waals surface area contributed by atoms with Gasteiger partial charge in [0.15, 0.2) is 23.3 Å². The number of aryl methyl sites for hydroxylation is 1. The highest BCUT2D eigenvalue weighted by molar-refractivity contribution is 5.49. The lowest BCUT2D eigenvalue weighted by Gasteiger charge is -2.05. The summed E-state index contributed by atoms with van der Waals surface area (Å²) in [6.07, 6.45) is 3.17. The summed E-state index contributed by atoms with van der Waals surface area (Å²) in [5.74, 6) is 0.378. The second-order valence-corrected chi connectivity index (χ2v) is 3.12. The molecule has 0 fully saturated rings. The van der Waals surface area contributed by atoms with Gasteiger partial charge in [-0.15, -0.1) is 0 Å². The molecule has 0 radical (unpaired) electrons. The molecule has 0 saturated carbocycles. The lowest BCUT2D eigenvalue weighted by Crippen LogP contribution is -2.04. The zero-order valence-electron chi connectivity index (χ0n) is 8.90. The van der Waals surface area contributed by atoms with Crippen molar-refractivity contribution in [2.24, 2.45) is 0 Å². The van der Waals surface area contributed by atoms with Crippen LogP contribution in [0.25, 0.3) is 11.6 Å². The summed E-state index contributed by atoms with van der Waals surface area (Å²) in [6.45, 7) is 1.57. The molecular weight excluding hydrogens is 209 g/mol. The first kappa shape index (κ1) is 10.4. The standard InChI is InChI=1S/C10H10FN5/c1-6-7(11)8(12-2)16-10(15-6)9-13-4-3-5-14-9/h3-5H,1-2H3,(H,12,15,16). The average Bonchev–Trinajstić information content (AvgIpc) is 2.33. The van der Waals surface area contributed by atoms with E-state index in [1.807, 2.05) is 0 Å². The molecule has 2 aromatic heterocycles. The zero-order valence-corrected chi connectivity index (χ0v) is 8.90. The molecular formula is C10H10FN5. The molecule has 0 bridgehead atoms. The van der Waals surface area contributed by atoms with Crippen LogP contribution in [0.5, 0.6) is 0 Å². The minimum absolute atomic E-state index is 0.148. The first-order valence-electron chi connectivity index (χ1n) is 4.71. The quantitative estimate of drug-likeness (QED) is 0.827. The Kier molecular flexibility index (Phi) is 2.72. The van der Waals surface area contributed by atoms with Crippen LogP contribution < -0.4 is 5.32 Å². The van der Waals surface area contributed by atoms with Crippen molar-refractivity contribution < 1.29 is 4.39 Å². The summed E-state index contributed by atoms with van der Waals surface area (Å²) in [7, 11) is 1.60. The smallest absolute Gasteiger partial charge is 0.200 e. The van der Waals surface area contributed by atoms with Crippen molar-refractivity contribution in [1.82, 2.24) is 19.9 Å². The van der Waals surface area contributed by atoms with Crippen molar-refractivity contribution >= 4 is 5.82 Å². The van der Waals surface area contributed by atoms with Gasteiger partial charge >= 0.3 is 0 Å². The number of halogens is 1. The Morgan fingerprint density at radius 3 is 2.44 bits per heavy atom. The van der Waals surface area contributed by atoms with Gasteiger partial charge in [-0.1, -0.05) is 0 Å². The number of hydrogen-bond donors (Lipinski definition) is 1. The van der Waals surface area contributed by atoms with E-state index < -0.39 is 5.82 Å². The van der Waals surface area contributed by atoms with E-state index in [1.165, 1.54) is 0 Å². The Labute approximate surface area is 91.8 Å². The molecule has 0 aliphatic rings. The number of hydrogen-bond acceptors (Lipinski definition) is 5. The van der Waals surface area contributed by atoms with Crippen LogP contribution in [0.15, 0.2) is 18.5 Å². The molecule has 16 heavy (non-hydrogen) atoms. The predicted molar refractivity (Wildman–Crippen MR) is 57.3 cm³/mol. The summed E-state index contributed by atoms with van der Waals surface area (Å²) in [6, 6.07) is 1.69. The number of nitrogens with zero attached hydrogens (tertiary/aromatic N) is 4. The molecule has 0 unspecified atom stereocenters. The van der Waals surface area contributed by atoms with Crippen LogP contribution in [0.2, 0.25) is 0 Å². The van der Waals surface area contributed by atoms with E-state index in [0.29, 0.717) is 11.6 Å². The van der Waals surface area contributed by atoms with Crippen LogP contribution in [0.4, 0.5) is 10.2 Å². The second-order valence-electron chi connectivity index (χ2n) is 3.12. The molecule has 2 heterocycles. The number of anilines is 1. The fraction of sp³-hybridized carbons (Fsp3) is 0.200. The highest BCUT2D eigenvalue weighted by atomic mass is 19.1. The van der Waals surface area contributed by atoms with Gasteiger partial charge in [0.1, 0.15) is 0 Å². The molecule has 2 aromatic rings. The highest BCUT2D eigenvalue weighted by Crippen LogP contribution is 2.17. The number of nitrogens with one attached hydrogen (secondary N) is 1. The van der Waals surface area contributed by atoms with Gasteiger partial charge in [0, 0.05) is 19.4 Å². The Balaban J connectivity index is 2.55. The van der Waals surface area contributed by atoms with Gasteiger partial charge < -0.3 is 5.32 Å². The molecule has 5 nitrogen and oxygen atoms in total. The fourth-order valence-electron chi connectivity index (χ4n) is 1.24. The van der Waals surface area contributed by atoms with Crippen molar-refractivity contribution in [2.75, 3.05) is 12.4 Å². The van der Waals surface area contributed by atoms with E-state index in [-0.39, 0.29) is 11.5 Å². The summed E-state index contributed by atoms with van der Waals surface area (Å²) in [4.78, 5) is 16.0. The van der Waals surface area contributed by atoms with Crippen LogP contribution in [0, 0.1) is 12.7 Å². The molecule has 2 rings (SSSR count). The SMILES string of the molecule is CNc1nc(-c2ncccn2)nc(C)c1F. The lowest BCUT2D eigenvalue weighted by molar-refractivity contribution is 0.607. The summed E-state index contributed by atoms with van der Waals surface area (Å²) in [5, 5.41) is 2.66. The average molecular weight is 219 g/mol. The normalized spacial score (nSPS) is 10.2. The van der Waals surface area contributed by atoms with Crippen molar-refractivity contribution in [3.05, 3.63) is 30.0 Å². The van der Waals surface area contributed by atoms with E-state index >= 15 is 0 Å². The Morgan fingerprint density at radius 2 is 1.81 bits per heavy atom. The van der Waals surface area contributed by atoms with Gasteiger partial charge in [-0.3, -0.25) is 0 Å². The first-order valence-corrected chi connectivity index (χ1v) is 4.71. The third-order valence-electron chi connectivity index (χ3n) is 2.02. The van der Waals surface area contributed by atoms with E-state index in [1.54, 1.807) is 32.4 Å². The van der Waals surface area contributed by atoms with Crippen molar-refractivity contribution in [3.63, 3.8) is 0 Å². The molecule has 82 valence electrons. The summed E-state index contributed by atoms with van der Waals surface area (Å²) < 4.78 is 13.5. The van der Waals surface area contributed by atoms with Crippen LogP contribution in [-0.4, -0.2) is 27.0 Å². The molecule has 1 N–H and O–H groups in total. The molecule has 0 aliphatic heterocycles. The van der Waals surface area contributed by atoms with Crippen molar-refractivity contribution in [3.8, 4) is 11.6 Å². The zero-order chi connectivity index (χ0) is 11.5. The Bertz CT molecular complexity index is 500. The van der Waals surface area contributed by atoms with E-state index in [0.717, 1.165) is 0 Å². The topological polar surface area (TPSA) is 63.6 Å². The third-order valence-corrected chi connectivity index (χ3v) is 2.02. The van der Waals surface area contributed by atoms with E-state index in [9.17, 15) is 4.39 Å². The highest BCUT2D eigenvalue weighted by Gasteiger charge is 2.12. The van der Waals surface area contributed by atoms with E-state index in [4.69, 9.17) is 0 Å². The van der Waals surface area contributed by atoms with Crippen LogP contribution >= 0.6 is 0 Å². The Morgan fingerprint density at radius 1 is 1.12 bits per heavy atom. The monoisotopic (exact) mass is 219 g/mol. The Hall–Kier alpha value is -2.11. The van der Waals surface area contributed by atoms with Crippen LogP contribution in [-0.2, 0) is 0 Å². The third kappa shape index (κ3) is 1.81. The minimum Gasteiger partial charge on any atom is -0.371 e. The lowest BCUT2D eigenvalue weighted by atomic mass is 10.3. The number of rotatable bonds is 2. The minimum atomic E-state index is -0.456. The second kappa shape index (κ2) is 4.18. The van der Waals surface area contributed by atoms with Gasteiger partial charge in [0.25, 0.3) is 0 Å². The van der Waals surface area contributed by atoms with E-state index in [2.05, 4.69) is 25.3 Å². The van der Waals surface area contributed by atoms with Gasteiger partial charge in [0.2, 0.25) is 0 Å². The summed E-state index contributed by atoms with van der Waals surface area (Å²) >= 11 is 0. The van der Waals surface area contributed by atoms with Gasteiger partial charge in [-0.05, 0) is 13.0 Å². The van der Waals surface area contributed by atoms with Crippen LogP contribution in [0.3, 0.4) is 0 Å². The largest absolute Gasteiger partial charge is 0.371 e. The molecule has 0 aromatic carbocycles. The van der Waals surface area contributed by atoms with Crippen molar-refractivity contribution in [2.45, 2.75) is 6.92 Å². The molecule has 6 heteroatoms. The maximum atomic E-state index is 13.5. The van der Waals surface area contributed by atoms with Gasteiger partial charge in [-0.2, -0.15) is 0 Å². The first-order chi connectivity index (χ1) is 7.72. The number of aromatic nitrogens is 4. The molecule has 0 saturated heterocycles. The van der Waals surface area contributed by atoms with Gasteiger partial charge in [0.05, 0.1) is 5.69 Å². The van der Waals surface area contributed by atoms with Crippen molar-refractivity contribution in [1.29, 1.82) is 0 Å². The maximum absolute atomic E-state index is 13.5. The van der Waals surface area contributed by atoms with Gasteiger partial charge in [-0.25, -0.2) is 24.3 Å². The predicted octanol–water partition coefficient (Wildman–Crippen LogP) is 1.42.